The van der Waals surface area contributed by atoms with Crippen molar-refractivity contribution in [3.8, 4) is 5.75 Å². The van der Waals surface area contributed by atoms with Gasteiger partial charge in [-0.3, -0.25) is 9.59 Å². The molecule has 7 heteroatoms. The van der Waals surface area contributed by atoms with E-state index in [0.717, 1.165) is 19.4 Å². The summed E-state index contributed by atoms with van der Waals surface area (Å²) in [7, 11) is 3.45. The highest BCUT2D eigenvalue weighted by molar-refractivity contribution is 5.99. The van der Waals surface area contributed by atoms with Crippen molar-refractivity contribution in [3.05, 3.63) is 29.8 Å². The summed E-state index contributed by atoms with van der Waals surface area (Å²) in [4.78, 5) is 27.5. The van der Waals surface area contributed by atoms with Crippen LogP contribution in [0.25, 0.3) is 0 Å². The van der Waals surface area contributed by atoms with E-state index in [4.69, 9.17) is 4.74 Å². The lowest BCUT2D eigenvalue weighted by Crippen LogP contribution is -2.55. The van der Waals surface area contributed by atoms with E-state index in [1.165, 1.54) is 7.11 Å². The normalized spacial score (nSPS) is 18.0. The molecule has 1 aliphatic heterocycles. The largest absolute Gasteiger partial charge is 0.496 e. The summed E-state index contributed by atoms with van der Waals surface area (Å²) in [6.45, 7) is 5.32. The van der Waals surface area contributed by atoms with Gasteiger partial charge in [0, 0.05) is 19.1 Å². The molecule has 0 saturated carbocycles. The Kier molecular flexibility index (Phi) is 8.88. The SMILES string of the molecule is CNC1CCCN(C(=O)C(NC(=O)c2ccccc2OC)C(C)C)C1.Cl. The second-order valence-corrected chi connectivity index (χ2v) is 6.81. The number of nitrogens with one attached hydrogen (secondary N) is 2. The Labute approximate surface area is 162 Å². The van der Waals surface area contributed by atoms with Crippen LogP contribution in [0.1, 0.15) is 37.0 Å². The number of halogens is 1. The Morgan fingerprint density at radius 3 is 2.58 bits per heavy atom. The van der Waals surface area contributed by atoms with E-state index in [-0.39, 0.29) is 30.1 Å². The zero-order valence-electron chi connectivity index (χ0n) is 16.0. The monoisotopic (exact) mass is 383 g/mol. The molecule has 1 heterocycles. The fraction of sp³-hybridized carbons (Fsp3) is 0.579. The van der Waals surface area contributed by atoms with Gasteiger partial charge in [0.1, 0.15) is 11.8 Å². The Bertz CT molecular complexity index is 609. The topological polar surface area (TPSA) is 70.7 Å². The van der Waals surface area contributed by atoms with Crippen LogP contribution in [-0.2, 0) is 4.79 Å². The van der Waals surface area contributed by atoms with E-state index in [1.807, 2.05) is 31.9 Å². The first kappa shape index (κ1) is 22.3. The van der Waals surface area contributed by atoms with Crippen molar-refractivity contribution in [2.24, 2.45) is 5.92 Å². The van der Waals surface area contributed by atoms with Gasteiger partial charge in [0.15, 0.2) is 0 Å². The maximum atomic E-state index is 13.0. The second kappa shape index (κ2) is 10.4. The number of nitrogens with zero attached hydrogens (tertiary/aromatic N) is 1. The zero-order valence-corrected chi connectivity index (χ0v) is 16.8. The number of para-hydroxylation sites is 1. The summed E-state index contributed by atoms with van der Waals surface area (Å²) in [5.74, 6) is 0.203. The molecule has 1 aromatic rings. The van der Waals surface area contributed by atoms with Gasteiger partial charge in [-0.25, -0.2) is 0 Å². The van der Waals surface area contributed by atoms with Crippen LogP contribution in [0.2, 0.25) is 0 Å². The number of carbonyl (C=O) groups excluding carboxylic acids is 2. The number of benzene rings is 1. The molecule has 0 aliphatic carbocycles. The van der Waals surface area contributed by atoms with E-state index in [0.29, 0.717) is 23.9 Å². The van der Waals surface area contributed by atoms with E-state index < -0.39 is 6.04 Å². The molecule has 2 N–H and O–H groups in total. The maximum absolute atomic E-state index is 13.0. The van der Waals surface area contributed by atoms with Gasteiger partial charge in [0.05, 0.1) is 12.7 Å². The molecule has 1 aliphatic rings. The number of amides is 2. The first-order chi connectivity index (χ1) is 12.0. The summed E-state index contributed by atoms with van der Waals surface area (Å²) in [6.07, 6.45) is 2.04. The number of piperidine rings is 1. The fourth-order valence-electron chi connectivity index (χ4n) is 3.17. The van der Waals surface area contributed by atoms with Crippen LogP contribution in [-0.4, -0.2) is 56.0 Å². The van der Waals surface area contributed by atoms with E-state index >= 15 is 0 Å². The lowest BCUT2D eigenvalue weighted by Gasteiger charge is -2.36. The molecule has 2 unspecified atom stereocenters. The molecular weight excluding hydrogens is 354 g/mol. The fourth-order valence-corrected chi connectivity index (χ4v) is 3.17. The number of methoxy groups -OCH3 is 1. The van der Waals surface area contributed by atoms with Crippen molar-refractivity contribution in [3.63, 3.8) is 0 Å². The predicted molar refractivity (Wildman–Crippen MR) is 105 cm³/mol. The standard InChI is InChI=1S/C19H29N3O3.ClH/c1-13(2)17(19(24)22-11-7-8-14(12-22)20-3)21-18(23)15-9-5-6-10-16(15)25-4;/h5-6,9-10,13-14,17,20H,7-8,11-12H2,1-4H3,(H,21,23);1H. The van der Waals surface area contributed by atoms with Gasteiger partial charge in [-0.05, 0) is 37.9 Å². The van der Waals surface area contributed by atoms with Crippen molar-refractivity contribution in [2.45, 2.75) is 38.8 Å². The first-order valence-corrected chi connectivity index (χ1v) is 8.87. The van der Waals surface area contributed by atoms with Crippen LogP contribution in [0.3, 0.4) is 0 Å². The Hall–Kier alpha value is -1.79. The quantitative estimate of drug-likeness (QED) is 0.789. The van der Waals surface area contributed by atoms with Crippen molar-refractivity contribution in [2.75, 3.05) is 27.2 Å². The van der Waals surface area contributed by atoms with E-state index in [9.17, 15) is 9.59 Å². The number of likely N-dealkylation sites (N-methyl/N-ethyl adjacent to an activating group) is 1. The van der Waals surface area contributed by atoms with Crippen LogP contribution < -0.4 is 15.4 Å². The Morgan fingerprint density at radius 2 is 1.96 bits per heavy atom. The summed E-state index contributed by atoms with van der Waals surface area (Å²) in [5.41, 5.74) is 0.440. The number of hydrogen-bond acceptors (Lipinski definition) is 4. The van der Waals surface area contributed by atoms with Crippen LogP contribution in [0.4, 0.5) is 0 Å². The van der Waals surface area contributed by atoms with Gasteiger partial charge >= 0.3 is 0 Å². The molecule has 1 aromatic carbocycles. The van der Waals surface area contributed by atoms with Gasteiger partial charge in [-0.1, -0.05) is 26.0 Å². The molecule has 0 spiro atoms. The van der Waals surface area contributed by atoms with Crippen molar-refractivity contribution >= 4 is 24.2 Å². The molecular formula is C19H30ClN3O3. The molecule has 0 bridgehead atoms. The molecule has 26 heavy (non-hydrogen) atoms. The van der Waals surface area contributed by atoms with Crippen molar-refractivity contribution < 1.29 is 14.3 Å². The molecule has 1 saturated heterocycles. The van der Waals surface area contributed by atoms with Gasteiger partial charge in [-0.2, -0.15) is 0 Å². The molecule has 0 aromatic heterocycles. The number of ether oxygens (including phenoxy) is 1. The van der Waals surface area contributed by atoms with Crippen LogP contribution >= 0.6 is 12.4 Å². The predicted octanol–water partition coefficient (Wildman–Crippen LogP) is 2.08. The second-order valence-electron chi connectivity index (χ2n) is 6.81. The number of hydrogen-bond donors (Lipinski definition) is 2. The van der Waals surface area contributed by atoms with Gasteiger partial charge < -0.3 is 20.3 Å². The van der Waals surface area contributed by atoms with Crippen LogP contribution in [0.15, 0.2) is 24.3 Å². The van der Waals surface area contributed by atoms with Crippen molar-refractivity contribution in [1.82, 2.24) is 15.5 Å². The summed E-state index contributed by atoms with van der Waals surface area (Å²) in [6, 6.07) is 6.80. The Balaban J connectivity index is 0.00000338. The third-order valence-corrected chi connectivity index (χ3v) is 4.71. The lowest BCUT2D eigenvalue weighted by molar-refractivity contribution is -0.135. The molecule has 0 radical (unpaired) electrons. The number of rotatable bonds is 6. The highest BCUT2D eigenvalue weighted by Crippen LogP contribution is 2.19. The van der Waals surface area contributed by atoms with E-state index in [1.54, 1.807) is 18.2 Å². The minimum atomic E-state index is -0.548. The average Bonchev–Trinajstić information content (AvgIpc) is 2.65. The van der Waals surface area contributed by atoms with Gasteiger partial charge in [0.25, 0.3) is 5.91 Å². The highest BCUT2D eigenvalue weighted by atomic mass is 35.5. The van der Waals surface area contributed by atoms with Crippen LogP contribution in [0.5, 0.6) is 5.75 Å². The minimum absolute atomic E-state index is 0. The maximum Gasteiger partial charge on any atom is 0.255 e. The highest BCUT2D eigenvalue weighted by Gasteiger charge is 2.32. The number of carbonyl (C=O) groups is 2. The molecule has 1 fully saturated rings. The third kappa shape index (κ3) is 5.35. The molecule has 2 amide bonds. The minimum Gasteiger partial charge on any atom is -0.496 e. The third-order valence-electron chi connectivity index (χ3n) is 4.71. The molecule has 2 atom stereocenters. The lowest BCUT2D eigenvalue weighted by atomic mass is 9.99. The first-order valence-electron chi connectivity index (χ1n) is 8.87. The van der Waals surface area contributed by atoms with Gasteiger partial charge in [0.2, 0.25) is 5.91 Å². The summed E-state index contributed by atoms with van der Waals surface area (Å²) in [5, 5.41) is 6.15. The molecule has 2 rings (SSSR count). The number of likely N-dealkylation sites (tertiary alicyclic amines) is 1. The summed E-state index contributed by atoms with van der Waals surface area (Å²) < 4.78 is 5.25. The van der Waals surface area contributed by atoms with E-state index in [2.05, 4.69) is 10.6 Å². The Morgan fingerprint density at radius 1 is 1.27 bits per heavy atom. The summed E-state index contributed by atoms with van der Waals surface area (Å²) >= 11 is 0. The van der Waals surface area contributed by atoms with Crippen LogP contribution in [0, 0.1) is 5.92 Å². The molecule has 6 nitrogen and oxygen atoms in total. The zero-order chi connectivity index (χ0) is 18.4. The smallest absolute Gasteiger partial charge is 0.255 e. The molecule has 146 valence electrons. The average molecular weight is 384 g/mol. The van der Waals surface area contributed by atoms with Crippen molar-refractivity contribution in [1.29, 1.82) is 0 Å². The van der Waals surface area contributed by atoms with Gasteiger partial charge in [-0.15, -0.1) is 12.4 Å².